The van der Waals surface area contributed by atoms with Gasteiger partial charge >= 0.3 is 5.97 Å². The highest BCUT2D eigenvalue weighted by Crippen LogP contribution is 2.40. The van der Waals surface area contributed by atoms with Crippen molar-refractivity contribution in [3.05, 3.63) is 87.0 Å². The summed E-state index contributed by atoms with van der Waals surface area (Å²) >= 11 is 0. The van der Waals surface area contributed by atoms with Crippen molar-refractivity contribution in [1.82, 2.24) is 14.5 Å². The molecule has 0 radical (unpaired) electrons. The molecule has 1 aliphatic carbocycles. The van der Waals surface area contributed by atoms with E-state index in [4.69, 9.17) is 10.00 Å². The Morgan fingerprint density at radius 3 is 2.65 bits per heavy atom. The molecule has 0 bridgehead atoms. The van der Waals surface area contributed by atoms with Gasteiger partial charge in [0, 0.05) is 30.6 Å². The number of ether oxygens (including phenoxy) is 1. The molecular weight excluding hydrogens is 470 g/mol. The molecule has 37 heavy (non-hydrogen) atoms. The summed E-state index contributed by atoms with van der Waals surface area (Å²) in [7, 11) is 0. The molecule has 1 saturated heterocycles. The Labute approximate surface area is 217 Å². The molecule has 1 aromatic heterocycles. The van der Waals surface area contributed by atoms with Gasteiger partial charge in [0.1, 0.15) is 5.82 Å². The first-order chi connectivity index (χ1) is 17.8. The maximum Gasteiger partial charge on any atom is 0.312 e. The van der Waals surface area contributed by atoms with Crippen LogP contribution in [-0.4, -0.2) is 51.1 Å². The fraction of sp³-hybridized carbons (Fsp3) is 0.464. The van der Waals surface area contributed by atoms with Crippen molar-refractivity contribution in [2.45, 2.75) is 58.7 Å². The number of rotatable bonds is 9. The third-order valence-corrected chi connectivity index (χ3v) is 7.40. The van der Waals surface area contributed by atoms with E-state index in [2.05, 4.69) is 20.5 Å². The highest BCUT2D eigenvalue weighted by Gasteiger charge is 2.43. The quantitative estimate of drug-likeness (QED) is 0.286. The average molecular weight is 504 g/mol. The van der Waals surface area contributed by atoms with E-state index >= 15 is 0 Å². The van der Waals surface area contributed by atoms with Gasteiger partial charge in [-0.15, -0.1) is 0 Å². The van der Waals surface area contributed by atoms with Crippen LogP contribution in [0.2, 0.25) is 0 Å². The summed E-state index contributed by atoms with van der Waals surface area (Å²) in [6.45, 7) is 6.92. The normalized spacial score (nSPS) is 19.2. The largest absolute Gasteiger partial charge is 0.466 e. The van der Waals surface area contributed by atoms with E-state index < -0.39 is 11.5 Å². The molecule has 194 valence electrons. The van der Waals surface area contributed by atoms with Gasteiger partial charge in [-0.1, -0.05) is 24.3 Å². The van der Waals surface area contributed by atoms with Gasteiger partial charge in [0.2, 0.25) is 6.04 Å². The monoisotopic (exact) mass is 503 g/mol. The number of carbonyl (C=O) groups is 1. The van der Waals surface area contributed by atoms with Gasteiger partial charge in [-0.25, -0.2) is 4.98 Å². The van der Waals surface area contributed by atoms with E-state index in [1.54, 1.807) is 13.0 Å². The van der Waals surface area contributed by atoms with Crippen molar-refractivity contribution < 1.29 is 14.5 Å². The standard InChI is InChI=1S/C28H33N5O4/c1-3-37-27(34)28(16-24-5-4-6-25(15-24)33(35)36)11-13-31(14-12-28)20-26-18-30-21(2)32(26)19-23-9-7-22(17-29)8-10-23/h4-5,7-10,15,18,25H,3,6,11-14,16,19-20H2,1-2H3. The predicted octanol–water partition coefficient (Wildman–Crippen LogP) is 4.18. The minimum Gasteiger partial charge on any atom is -0.466 e. The van der Waals surface area contributed by atoms with Gasteiger partial charge in [0.15, 0.2) is 0 Å². The Morgan fingerprint density at radius 1 is 1.27 bits per heavy atom. The van der Waals surface area contributed by atoms with Gasteiger partial charge in [-0.3, -0.25) is 19.8 Å². The molecule has 1 aromatic carbocycles. The highest BCUT2D eigenvalue weighted by atomic mass is 16.6. The fourth-order valence-corrected chi connectivity index (χ4v) is 5.22. The maximum atomic E-state index is 13.1. The van der Waals surface area contributed by atoms with E-state index in [1.165, 1.54) is 0 Å². The van der Waals surface area contributed by atoms with Gasteiger partial charge in [0.05, 0.1) is 29.3 Å². The molecular formula is C28H33N5O4. The molecule has 1 aliphatic heterocycles. The number of imidazole rings is 1. The number of allylic oxidation sites excluding steroid dienone is 2. The molecule has 0 N–H and O–H groups in total. The van der Waals surface area contributed by atoms with Crippen molar-refractivity contribution in [3.63, 3.8) is 0 Å². The van der Waals surface area contributed by atoms with Gasteiger partial charge in [-0.05, 0) is 75.5 Å². The second kappa shape index (κ2) is 11.5. The molecule has 0 amide bonds. The van der Waals surface area contributed by atoms with Crippen LogP contribution in [0.5, 0.6) is 0 Å². The Balaban J connectivity index is 1.45. The van der Waals surface area contributed by atoms with E-state index in [0.29, 0.717) is 50.9 Å². The number of nitrogens with zero attached hydrogens (tertiary/aromatic N) is 5. The average Bonchev–Trinajstić information content (AvgIpc) is 3.24. The lowest BCUT2D eigenvalue weighted by Gasteiger charge is -2.40. The smallest absolute Gasteiger partial charge is 0.312 e. The number of esters is 1. The van der Waals surface area contributed by atoms with Crippen molar-refractivity contribution in [3.8, 4) is 6.07 Å². The number of benzene rings is 1. The summed E-state index contributed by atoms with van der Waals surface area (Å²) in [6, 6.07) is 9.00. The van der Waals surface area contributed by atoms with Crippen molar-refractivity contribution >= 4 is 5.97 Å². The van der Waals surface area contributed by atoms with Crippen LogP contribution < -0.4 is 0 Å². The van der Waals surface area contributed by atoms with Crippen LogP contribution >= 0.6 is 0 Å². The van der Waals surface area contributed by atoms with Crippen LogP contribution in [0.3, 0.4) is 0 Å². The first kappa shape index (κ1) is 26.3. The molecule has 4 rings (SSSR count). The van der Waals surface area contributed by atoms with Gasteiger partial charge < -0.3 is 9.30 Å². The third kappa shape index (κ3) is 6.15. The number of aromatic nitrogens is 2. The predicted molar refractivity (Wildman–Crippen MR) is 138 cm³/mol. The van der Waals surface area contributed by atoms with E-state index in [9.17, 15) is 14.9 Å². The SMILES string of the molecule is CCOC(=O)C1(CC2=CC([N+](=O)[O-])CC=C2)CCN(Cc2cnc(C)n2Cc2ccc(C#N)cc2)CC1. The van der Waals surface area contributed by atoms with Gasteiger partial charge in [-0.2, -0.15) is 5.26 Å². The number of hydrogen-bond acceptors (Lipinski definition) is 7. The molecule has 0 saturated carbocycles. The molecule has 0 spiro atoms. The van der Waals surface area contributed by atoms with Crippen LogP contribution in [0.4, 0.5) is 0 Å². The first-order valence-corrected chi connectivity index (χ1v) is 12.7. The summed E-state index contributed by atoms with van der Waals surface area (Å²) in [5, 5.41) is 20.4. The summed E-state index contributed by atoms with van der Waals surface area (Å²) in [5.41, 5.74) is 2.99. The van der Waals surface area contributed by atoms with E-state index in [-0.39, 0.29) is 10.9 Å². The van der Waals surface area contributed by atoms with Crippen LogP contribution in [0.1, 0.15) is 55.3 Å². The molecule has 2 aliphatic rings. The second-order valence-electron chi connectivity index (χ2n) is 9.88. The van der Waals surface area contributed by atoms with E-state index in [0.717, 1.165) is 35.7 Å². The lowest BCUT2D eigenvalue weighted by molar-refractivity contribution is -0.508. The zero-order chi connectivity index (χ0) is 26.4. The Bertz CT molecular complexity index is 1230. The second-order valence-corrected chi connectivity index (χ2v) is 9.88. The fourth-order valence-electron chi connectivity index (χ4n) is 5.22. The zero-order valence-corrected chi connectivity index (χ0v) is 21.4. The third-order valence-electron chi connectivity index (χ3n) is 7.40. The molecule has 1 atom stereocenters. The van der Waals surface area contributed by atoms with Crippen molar-refractivity contribution in [2.75, 3.05) is 19.7 Å². The first-order valence-electron chi connectivity index (χ1n) is 12.7. The summed E-state index contributed by atoms with van der Waals surface area (Å²) < 4.78 is 7.67. The number of piperidine rings is 1. The Morgan fingerprint density at radius 2 is 2.00 bits per heavy atom. The summed E-state index contributed by atoms with van der Waals surface area (Å²) in [6.07, 6.45) is 9.43. The number of nitriles is 1. The van der Waals surface area contributed by atoms with Crippen molar-refractivity contribution in [2.24, 2.45) is 5.41 Å². The Hall–Kier alpha value is -3.77. The Kier molecular flexibility index (Phi) is 8.19. The molecule has 2 heterocycles. The van der Waals surface area contributed by atoms with E-state index in [1.807, 2.05) is 49.5 Å². The number of likely N-dealkylation sites (tertiary alicyclic amines) is 1. The van der Waals surface area contributed by atoms with Gasteiger partial charge in [0.25, 0.3) is 0 Å². The highest BCUT2D eigenvalue weighted by molar-refractivity contribution is 5.77. The maximum absolute atomic E-state index is 13.1. The minimum atomic E-state index is -0.737. The lowest BCUT2D eigenvalue weighted by Crippen LogP contribution is -2.45. The van der Waals surface area contributed by atoms with Crippen LogP contribution in [0.25, 0.3) is 0 Å². The van der Waals surface area contributed by atoms with Crippen LogP contribution in [0, 0.1) is 33.8 Å². The summed E-state index contributed by atoms with van der Waals surface area (Å²) in [5.74, 6) is 0.711. The number of carbonyl (C=O) groups excluding carboxylic acids is 1. The lowest BCUT2D eigenvalue weighted by atomic mass is 9.72. The topological polar surface area (TPSA) is 114 Å². The van der Waals surface area contributed by atoms with Crippen molar-refractivity contribution in [1.29, 1.82) is 5.26 Å². The van der Waals surface area contributed by atoms with Crippen LogP contribution in [-0.2, 0) is 22.6 Å². The molecule has 1 unspecified atom stereocenters. The molecule has 9 nitrogen and oxygen atoms in total. The molecule has 1 fully saturated rings. The van der Waals surface area contributed by atoms with Crippen LogP contribution in [0.15, 0.2) is 54.3 Å². The number of nitro groups is 1. The molecule has 9 heteroatoms. The minimum absolute atomic E-state index is 0.214. The summed E-state index contributed by atoms with van der Waals surface area (Å²) in [4.78, 5) is 31.0. The number of aryl methyl sites for hydroxylation is 1. The zero-order valence-electron chi connectivity index (χ0n) is 21.4. The number of hydrogen-bond donors (Lipinski definition) is 0. The molecule has 2 aromatic rings.